The van der Waals surface area contributed by atoms with Crippen LogP contribution in [0, 0.1) is 12.8 Å². The van der Waals surface area contributed by atoms with E-state index in [-0.39, 0.29) is 12.0 Å². The van der Waals surface area contributed by atoms with Gasteiger partial charge in [0, 0.05) is 6.54 Å². The van der Waals surface area contributed by atoms with Crippen molar-refractivity contribution in [1.82, 2.24) is 5.32 Å². The molecule has 1 saturated carbocycles. The number of amides is 1. The van der Waals surface area contributed by atoms with Crippen molar-refractivity contribution < 1.29 is 14.6 Å². The molecule has 2 rings (SSSR count). The number of rotatable bonds is 5. The van der Waals surface area contributed by atoms with E-state index in [9.17, 15) is 9.90 Å². The van der Waals surface area contributed by atoms with Gasteiger partial charge in [-0.2, -0.15) is 0 Å². The number of hydrogen-bond donors (Lipinski definition) is 2. The Morgan fingerprint density at radius 2 is 2.10 bits per heavy atom. The number of ether oxygens (including phenoxy) is 1. The third-order valence-electron chi connectivity index (χ3n) is 4.05. The van der Waals surface area contributed by atoms with Gasteiger partial charge in [0.25, 0.3) is 5.91 Å². The molecule has 1 aliphatic carbocycles. The zero-order valence-corrected chi connectivity index (χ0v) is 12.8. The molecule has 1 aromatic carbocycles. The van der Waals surface area contributed by atoms with Crippen LogP contribution in [0.15, 0.2) is 24.3 Å². The minimum Gasteiger partial charge on any atom is -0.481 e. The average Bonchev–Trinajstić information content (AvgIpc) is 2.46. The lowest BCUT2D eigenvalue weighted by molar-refractivity contribution is -0.127. The van der Waals surface area contributed by atoms with E-state index in [1.165, 1.54) is 0 Å². The van der Waals surface area contributed by atoms with Gasteiger partial charge >= 0.3 is 0 Å². The second kappa shape index (κ2) is 7.46. The number of nitrogens with one attached hydrogen (secondary N) is 1. The van der Waals surface area contributed by atoms with E-state index in [0.717, 1.165) is 37.0 Å². The number of carbonyl (C=O) groups is 1. The monoisotopic (exact) mass is 291 g/mol. The van der Waals surface area contributed by atoms with Gasteiger partial charge in [-0.3, -0.25) is 4.79 Å². The van der Waals surface area contributed by atoms with Gasteiger partial charge in [-0.15, -0.1) is 0 Å². The van der Waals surface area contributed by atoms with Gasteiger partial charge in [-0.25, -0.2) is 0 Å². The topological polar surface area (TPSA) is 58.6 Å². The summed E-state index contributed by atoms with van der Waals surface area (Å²) in [6, 6.07) is 7.70. The smallest absolute Gasteiger partial charge is 0.260 e. The van der Waals surface area contributed by atoms with E-state index >= 15 is 0 Å². The number of aryl methyl sites for hydroxylation is 1. The van der Waals surface area contributed by atoms with Crippen molar-refractivity contribution in [3.8, 4) is 5.75 Å². The molecule has 0 heterocycles. The number of benzene rings is 1. The molecule has 0 aliphatic heterocycles. The largest absolute Gasteiger partial charge is 0.481 e. The Kier molecular flexibility index (Phi) is 5.62. The fourth-order valence-electron chi connectivity index (χ4n) is 2.68. The summed E-state index contributed by atoms with van der Waals surface area (Å²) in [5, 5.41) is 12.4. The predicted molar refractivity (Wildman–Crippen MR) is 82.2 cm³/mol. The van der Waals surface area contributed by atoms with Crippen LogP contribution in [0.4, 0.5) is 0 Å². The normalized spacial score (nSPS) is 23.4. The third kappa shape index (κ3) is 5.05. The number of hydrogen-bond acceptors (Lipinski definition) is 3. The van der Waals surface area contributed by atoms with Crippen LogP contribution < -0.4 is 10.1 Å². The lowest BCUT2D eigenvalue weighted by Crippen LogP contribution is -2.39. The van der Waals surface area contributed by atoms with E-state index < -0.39 is 6.10 Å². The molecular weight excluding hydrogens is 266 g/mol. The highest BCUT2D eigenvalue weighted by atomic mass is 16.5. The number of carbonyl (C=O) groups excluding carboxylic acids is 1. The van der Waals surface area contributed by atoms with E-state index in [0.29, 0.717) is 12.5 Å². The van der Waals surface area contributed by atoms with Crippen LogP contribution >= 0.6 is 0 Å². The summed E-state index contributed by atoms with van der Waals surface area (Å²) in [7, 11) is 0. The quantitative estimate of drug-likeness (QED) is 0.876. The van der Waals surface area contributed by atoms with E-state index in [2.05, 4.69) is 5.32 Å². The standard InChI is InChI=1S/C17H25NO3/c1-12-4-3-5-16(10-12)21-13(2)17(20)18-11-14-6-8-15(19)9-7-14/h3-5,10,13-15,19H,6-9,11H2,1-2H3,(H,18,20). The van der Waals surface area contributed by atoms with Crippen LogP contribution in [-0.2, 0) is 4.79 Å². The average molecular weight is 291 g/mol. The molecule has 21 heavy (non-hydrogen) atoms. The van der Waals surface area contributed by atoms with Crippen molar-refractivity contribution in [3.63, 3.8) is 0 Å². The molecule has 0 saturated heterocycles. The van der Waals surface area contributed by atoms with Gasteiger partial charge in [-0.1, -0.05) is 12.1 Å². The van der Waals surface area contributed by atoms with Crippen molar-refractivity contribution in [2.24, 2.45) is 5.92 Å². The maximum atomic E-state index is 12.1. The summed E-state index contributed by atoms with van der Waals surface area (Å²) in [4.78, 5) is 12.1. The van der Waals surface area contributed by atoms with Crippen LogP contribution in [0.3, 0.4) is 0 Å². The van der Waals surface area contributed by atoms with Crippen LogP contribution in [-0.4, -0.2) is 29.8 Å². The van der Waals surface area contributed by atoms with Gasteiger partial charge in [0.1, 0.15) is 5.75 Å². The highest BCUT2D eigenvalue weighted by Crippen LogP contribution is 2.23. The van der Waals surface area contributed by atoms with E-state index in [1.807, 2.05) is 31.2 Å². The minimum absolute atomic E-state index is 0.0809. The van der Waals surface area contributed by atoms with Gasteiger partial charge in [0.05, 0.1) is 6.10 Å². The first-order valence-corrected chi connectivity index (χ1v) is 7.73. The van der Waals surface area contributed by atoms with Gasteiger partial charge in [0.2, 0.25) is 0 Å². The third-order valence-corrected chi connectivity index (χ3v) is 4.05. The van der Waals surface area contributed by atoms with Crippen molar-refractivity contribution in [2.45, 2.75) is 51.7 Å². The van der Waals surface area contributed by atoms with Crippen molar-refractivity contribution in [3.05, 3.63) is 29.8 Å². The van der Waals surface area contributed by atoms with Gasteiger partial charge < -0.3 is 15.2 Å². The van der Waals surface area contributed by atoms with Gasteiger partial charge in [-0.05, 0) is 63.1 Å². The Hall–Kier alpha value is -1.55. The number of aliphatic hydroxyl groups excluding tert-OH is 1. The molecule has 1 amide bonds. The zero-order valence-electron chi connectivity index (χ0n) is 12.8. The molecule has 1 atom stereocenters. The molecule has 4 heteroatoms. The Bertz CT molecular complexity index is 467. The van der Waals surface area contributed by atoms with Crippen molar-refractivity contribution in [2.75, 3.05) is 6.54 Å². The van der Waals surface area contributed by atoms with Crippen LogP contribution in [0.25, 0.3) is 0 Å². The maximum Gasteiger partial charge on any atom is 0.260 e. The van der Waals surface area contributed by atoms with Crippen LogP contribution in [0.1, 0.15) is 38.2 Å². The molecule has 0 aromatic heterocycles. The lowest BCUT2D eigenvalue weighted by Gasteiger charge is -2.26. The molecular formula is C17H25NO3. The molecule has 2 N–H and O–H groups in total. The first-order chi connectivity index (χ1) is 10.0. The molecule has 1 aromatic rings. The van der Waals surface area contributed by atoms with Gasteiger partial charge in [0.15, 0.2) is 6.10 Å². The summed E-state index contributed by atoms with van der Waals surface area (Å²) < 4.78 is 5.66. The molecule has 1 aliphatic rings. The lowest BCUT2D eigenvalue weighted by atomic mass is 9.87. The summed E-state index contributed by atoms with van der Waals surface area (Å²) in [6.45, 7) is 4.43. The molecule has 0 bridgehead atoms. The Labute approximate surface area is 126 Å². The Morgan fingerprint density at radius 1 is 1.38 bits per heavy atom. The zero-order chi connectivity index (χ0) is 15.2. The summed E-state index contributed by atoms with van der Waals surface area (Å²) in [5.74, 6) is 1.12. The SMILES string of the molecule is Cc1cccc(OC(C)C(=O)NCC2CCC(O)CC2)c1. The second-order valence-corrected chi connectivity index (χ2v) is 6.00. The van der Waals surface area contributed by atoms with Crippen molar-refractivity contribution in [1.29, 1.82) is 0 Å². The van der Waals surface area contributed by atoms with Crippen LogP contribution in [0.5, 0.6) is 5.75 Å². The first-order valence-electron chi connectivity index (χ1n) is 7.73. The van der Waals surface area contributed by atoms with E-state index in [4.69, 9.17) is 4.74 Å². The molecule has 1 unspecified atom stereocenters. The van der Waals surface area contributed by atoms with E-state index in [1.54, 1.807) is 6.92 Å². The van der Waals surface area contributed by atoms with Crippen molar-refractivity contribution >= 4 is 5.91 Å². The molecule has 116 valence electrons. The molecule has 0 spiro atoms. The second-order valence-electron chi connectivity index (χ2n) is 6.00. The number of aliphatic hydroxyl groups is 1. The molecule has 1 fully saturated rings. The fourth-order valence-corrected chi connectivity index (χ4v) is 2.68. The Balaban J connectivity index is 1.75. The predicted octanol–water partition coefficient (Wildman–Crippen LogP) is 2.43. The fraction of sp³-hybridized carbons (Fsp3) is 0.588. The molecule has 0 radical (unpaired) electrons. The highest BCUT2D eigenvalue weighted by Gasteiger charge is 2.21. The first kappa shape index (κ1) is 15.8. The summed E-state index contributed by atoms with van der Waals surface area (Å²) in [6.07, 6.45) is 3.00. The summed E-state index contributed by atoms with van der Waals surface area (Å²) >= 11 is 0. The highest BCUT2D eigenvalue weighted by molar-refractivity contribution is 5.80. The molecule has 4 nitrogen and oxygen atoms in total. The summed E-state index contributed by atoms with van der Waals surface area (Å²) in [5.41, 5.74) is 1.11. The minimum atomic E-state index is -0.499. The van der Waals surface area contributed by atoms with Crippen LogP contribution in [0.2, 0.25) is 0 Å². The Morgan fingerprint density at radius 3 is 2.76 bits per heavy atom. The maximum absolute atomic E-state index is 12.1.